The van der Waals surface area contributed by atoms with Gasteiger partial charge in [0.1, 0.15) is 5.75 Å². The first-order chi connectivity index (χ1) is 9.79. The molecule has 0 saturated carbocycles. The maximum Gasteiger partial charge on any atom is 0.119 e. The van der Waals surface area contributed by atoms with Crippen molar-refractivity contribution in [3.63, 3.8) is 0 Å². The van der Waals surface area contributed by atoms with Crippen LogP contribution in [-0.2, 0) is 6.54 Å². The normalized spacial score (nSPS) is 17.3. The number of ether oxygens (including phenoxy) is 1. The quantitative estimate of drug-likeness (QED) is 0.790. The number of nitrogens with zero attached hydrogens (tertiary/aromatic N) is 1. The molecule has 112 valence electrons. The Morgan fingerprint density at radius 3 is 2.85 bits per heavy atom. The van der Waals surface area contributed by atoms with Crippen LogP contribution in [0.2, 0.25) is 0 Å². The Morgan fingerprint density at radius 2 is 2.10 bits per heavy atom. The summed E-state index contributed by atoms with van der Waals surface area (Å²) >= 11 is 0. The zero-order valence-electron chi connectivity index (χ0n) is 12.9. The van der Waals surface area contributed by atoms with E-state index in [1.807, 2.05) is 6.07 Å². The second kappa shape index (κ2) is 8.28. The van der Waals surface area contributed by atoms with E-state index in [0.717, 1.165) is 31.9 Å². The van der Waals surface area contributed by atoms with Gasteiger partial charge in [0, 0.05) is 19.1 Å². The van der Waals surface area contributed by atoms with Crippen LogP contribution < -0.4 is 10.1 Å². The van der Waals surface area contributed by atoms with Crippen molar-refractivity contribution in [2.24, 2.45) is 0 Å². The van der Waals surface area contributed by atoms with Gasteiger partial charge in [0.2, 0.25) is 0 Å². The maximum absolute atomic E-state index is 5.67. The molecule has 3 heteroatoms. The van der Waals surface area contributed by atoms with Gasteiger partial charge >= 0.3 is 0 Å². The average Bonchev–Trinajstić information content (AvgIpc) is 3.00. The highest BCUT2D eigenvalue weighted by Crippen LogP contribution is 2.14. The molecule has 0 bridgehead atoms. The third-order valence-electron chi connectivity index (χ3n) is 3.90. The van der Waals surface area contributed by atoms with Crippen molar-refractivity contribution in [3.8, 4) is 5.75 Å². The largest absolute Gasteiger partial charge is 0.494 e. The van der Waals surface area contributed by atoms with Gasteiger partial charge in [-0.1, -0.05) is 19.1 Å². The van der Waals surface area contributed by atoms with Crippen LogP contribution in [-0.4, -0.2) is 37.2 Å². The number of hydrogen-bond acceptors (Lipinski definition) is 3. The first kappa shape index (κ1) is 15.3. The summed E-state index contributed by atoms with van der Waals surface area (Å²) in [5, 5.41) is 3.56. The summed E-state index contributed by atoms with van der Waals surface area (Å²) in [5.41, 5.74) is 1.30. The topological polar surface area (TPSA) is 24.5 Å². The van der Waals surface area contributed by atoms with E-state index in [0.29, 0.717) is 6.04 Å². The van der Waals surface area contributed by atoms with Crippen LogP contribution >= 0.6 is 0 Å². The smallest absolute Gasteiger partial charge is 0.119 e. The molecule has 0 radical (unpaired) electrons. The van der Waals surface area contributed by atoms with Crippen molar-refractivity contribution < 1.29 is 4.74 Å². The standard InChI is InChI=1S/C17H28N2O/c1-3-11-20-17-8-6-7-16(12-17)14-18-13-15(2)19-9-4-5-10-19/h6-8,12,15,18H,3-5,9-11,13-14H2,1-2H3. The second-order valence-electron chi connectivity index (χ2n) is 5.72. The van der Waals surface area contributed by atoms with Crippen molar-refractivity contribution in [1.29, 1.82) is 0 Å². The number of rotatable bonds is 8. The minimum absolute atomic E-state index is 0.636. The van der Waals surface area contributed by atoms with E-state index < -0.39 is 0 Å². The second-order valence-corrected chi connectivity index (χ2v) is 5.72. The predicted molar refractivity (Wildman–Crippen MR) is 84.2 cm³/mol. The minimum atomic E-state index is 0.636. The van der Waals surface area contributed by atoms with Crippen molar-refractivity contribution in [3.05, 3.63) is 29.8 Å². The maximum atomic E-state index is 5.67. The summed E-state index contributed by atoms with van der Waals surface area (Å²) in [5.74, 6) is 0.985. The summed E-state index contributed by atoms with van der Waals surface area (Å²) in [6.45, 7) is 9.75. The van der Waals surface area contributed by atoms with Crippen LogP contribution in [0.3, 0.4) is 0 Å². The number of likely N-dealkylation sites (tertiary alicyclic amines) is 1. The number of nitrogens with one attached hydrogen (secondary N) is 1. The van der Waals surface area contributed by atoms with Gasteiger partial charge in [-0.15, -0.1) is 0 Å². The zero-order chi connectivity index (χ0) is 14.2. The fourth-order valence-electron chi connectivity index (χ4n) is 2.70. The molecule has 0 aliphatic carbocycles. The van der Waals surface area contributed by atoms with Gasteiger partial charge in [0.15, 0.2) is 0 Å². The fourth-order valence-corrected chi connectivity index (χ4v) is 2.70. The first-order valence-corrected chi connectivity index (χ1v) is 7.96. The van der Waals surface area contributed by atoms with Gasteiger partial charge in [-0.05, 0) is 57.0 Å². The third kappa shape index (κ3) is 4.80. The molecule has 1 N–H and O–H groups in total. The molecule has 0 amide bonds. The van der Waals surface area contributed by atoms with Crippen molar-refractivity contribution in [2.45, 2.75) is 45.7 Å². The van der Waals surface area contributed by atoms with Gasteiger partial charge in [-0.2, -0.15) is 0 Å². The van der Waals surface area contributed by atoms with Crippen molar-refractivity contribution in [2.75, 3.05) is 26.2 Å². The lowest BCUT2D eigenvalue weighted by Gasteiger charge is -2.24. The van der Waals surface area contributed by atoms with Gasteiger partial charge in [0.05, 0.1) is 6.61 Å². The van der Waals surface area contributed by atoms with E-state index in [1.54, 1.807) is 0 Å². The Labute approximate surface area is 123 Å². The van der Waals surface area contributed by atoms with Crippen LogP contribution in [0.15, 0.2) is 24.3 Å². The van der Waals surface area contributed by atoms with E-state index in [9.17, 15) is 0 Å². The molecule has 1 aliphatic rings. The lowest BCUT2D eigenvalue weighted by Crippen LogP contribution is -2.38. The van der Waals surface area contributed by atoms with Crippen LogP contribution in [0.1, 0.15) is 38.7 Å². The molecule has 1 heterocycles. The number of benzene rings is 1. The van der Waals surface area contributed by atoms with Crippen LogP contribution in [0.5, 0.6) is 5.75 Å². The molecule has 1 aromatic rings. The molecule has 1 saturated heterocycles. The monoisotopic (exact) mass is 276 g/mol. The van der Waals surface area contributed by atoms with Gasteiger partial charge in [-0.25, -0.2) is 0 Å². The van der Waals surface area contributed by atoms with Crippen LogP contribution in [0.4, 0.5) is 0 Å². The highest BCUT2D eigenvalue weighted by Gasteiger charge is 2.17. The van der Waals surface area contributed by atoms with E-state index in [-0.39, 0.29) is 0 Å². The van der Waals surface area contributed by atoms with Gasteiger partial charge < -0.3 is 10.1 Å². The SMILES string of the molecule is CCCOc1cccc(CNCC(C)N2CCCC2)c1. The Bertz CT molecular complexity index is 388. The molecule has 0 aromatic heterocycles. The average molecular weight is 276 g/mol. The Morgan fingerprint density at radius 1 is 1.30 bits per heavy atom. The molecular formula is C17H28N2O. The minimum Gasteiger partial charge on any atom is -0.494 e. The molecule has 0 spiro atoms. The summed E-state index contributed by atoms with van der Waals surface area (Å²) in [6.07, 6.45) is 3.78. The molecule has 1 aliphatic heterocycles. The van der Waals surface area contributed by atoms with Crippen LogP contribution in [0, 0.1) is 0 Å². The number of hydrogen-bond donors (Lipinski definition) is 1. The molecule has 3 nitrogen and oxygen atoms in total. The highest BCUT2D eigenvalue weighted by molar-refractivity contribution is 5.28. The summed E-state index contributed by atoms with van der Waals surface area (Å²) < 4.78 is 5.67. The van der Waals surface area contributed by atoms with E-state index in [4.69, 9.17) is 4.74 Å². The van der Waals surface area contributed by atoms with Crippen molar-refractivity contribution >= 4 is 0 Å². The Kier molecular flexibility index (Phi) is 6.34. The molecule has 1 atom stereocenters. The lowest BCUT2D eigenvalue weighted by molar-refractivity contribution is 0.251. The van der Waals surface area contributed by atoms with E-state index in [1.165, 1.54) is 31.5 Å². The highest BCUT2D eigenvalue weighted by atomic mass is 16.5. The molecule has 1 aromatic carbocycles. The zero-order valence-corrected chi connectivity index (χ0v) is 12.9. The van der Waals surface area contributed by atoms with E-state index >= 15 is 0 Å². The summed E-state index contributed by atoms with van der Waals surface area (Å²) in [4.78, 5) is 2.58. The summed E-state index contributed by atoms with van der Waals surface area (Å²) in [7, 11) is 0. The molecule has 20 heavy (non-hydrogen) atoms. The van der Waals surface area contributed by atoms with Gasteiger partial charge in [0.25, 0.3) is 0 Å². The van der Waals surface area contributed by atoms with Gasteiger partial charge in [-0.3, -0.25) is 4.90 Å². The predicted octanol–water partition coefficient (Wildman–Crippen LogP) is 3.05. The molecule has 1 unspecified atom stereocenters. The Balaban J connectivity index is 1.72. The molecular weight excluding hydrogens is 248 g/mol. The van der Waals surface area contributed by atoms with Crippen molar-refractivity contribution in [1.82, 2.24) is 10.2 Å². The van der Waals surface area contributed by atoms with E-state index in [2.05, 4.69) is 42.3 Å². The lowest BCUT2D eigenvalue weighted by atomic mass is 10.2. The summed E-state index contributed by atoms with van der Waals surface area (Å²) in [6, 6.07) is 9.05. The van der Waals surface area contributed by atoms with Crippen LogP contribution in [0.25, 0.3) is 0 Å². The fraction of sp³-hybridized carbons (Fsp3) is 0.647. The molecule has 1 fully saturated rings. The third-order valence-corrected chi connectivity index (χ3v) is 3.90. The first-order valence-electron chi connectivity index (χ1n) is 7.96. The molecule has 2 rings (SSSR count). The Hall–Kier alpha value is -1.06.